The van der Waals surface area contributed by atoms with Gasteiger partial charge < -0.3 is 9.84 Å². The molecule has 2 atom stereocenters. The normalized spacial score (nSPS) is 29.2. The average molecular weight is 250 g/mol. The number of ether oxygens (including phenoxy) is 1. The van der Waals surface area contributed by atoms with Crippen molar-refractivity contribution in [2.75, 3.05) is 0 Å². The molecule has 2 rings (SSSR count). The second kappa shape index (κ2) is 4.64. The van der Waals surface area contributed by atoms with Crippen LogP contribution in [0.4, 0.5) is 0 Å². The Labute approximate surface area is 107 Å². The van der Waals surface area contributed by atoms with Gasteiger partial charge in [-0.3, -0.25) is 4.79 Å². The van der Waals surface area contributed by atoms with Crippen LogP contribution < -0.4 is 0 Å². The molecule has 4 nitrogen and oxygen atoms in total. The SMILES string of the molecule is CC1(C)C(C#CC(=O)OC2CCCC2)C1C(=O)O. The highest BCUT2D eigenvalue weighted by Gasteiger charge is 2.61. The first-order valence-electron chi connectivity index (χ1n) is 6.38. The van der Waals surface area contributed by atoms with Crippen LogP contribution in [0.15, 0.2) is 0 Å². The monoisotopic (exact) mass is 250 g/mol. The fraction of sp³-hybridized carbons (Fsp3) is 0.714. The van der Waals surface area contributed by atoms with Crippen LogP contribution in [0.5, 0.6) is 0 Å². The first kappa shape index (κ1) is 12.9. The van der Waals surface area contributed by atoms with E-state index < -0.39 is 17.9 Å². The van der Waals surface area contributed by atoms with Crippen molar-refractivity contribution in [3.8, 4) is 11.8 Å². The second-order valence-corrected chi connectivity index (χ2v) is 5.70. The van der Waals surface area contributed by atoms with Crippen molar-refractivity contribution in [1.82, 2.24) is 0 Å². The summed E-state index contributed by atoms with van der Waals surface area (Å²) >= 11 is 0. The molecule has 2 aliphatic rings. The molecule has 0 aromatic heterocycles. The van der Waals surface area contributed by atoms with Crippen molar-refractivity contribution in [2.45, 2.75) is 45.6 Å². The molecule has 0 aromatic rings. The molecule has 0 saturated heterocycles. The fourth-order valence-electron chi connectivity index (χ4n) is 2.69. The highest BCUT2D eigenvalue weighted by Crippen LogP contribution is 2.57. The zero-order valence-corrected chi connectivity index (χ0v) is 10.7. The van der Waals surface area contributed by atoms with Gasteiger partial charge in [0.2, 0.25) is 0 Å². The summed E-state index contributed by atoms with van der Waals surface area (Å²) in [7, 11) is 0. The van der Waals surface area contributed by atoms with Gasteiger partial charge in [-0.1, -0.05) is 19.8 Å². The van der Waals surface area contributed by atoms with Gasteiger partial charge >= 0.3 is 11.9 Å². The maximum atomic E-state index is 11.5. The van der Waals surface area contributed by atoms with Crippen molar-refractivity contribution >= 4 is 11.9 Å². The third-order valence-corrected chi connectivity index (χ3v) is 4.00. The van der Waals surface area contributed by atoms with Gasteiger partial charge in [0.25, 0.3) is 0 Å². The van der Waals surface area contributed by atoms with E-state index in [-0.39, 0.29) is 17.4 Å². The summed E-state index contributed by atoms with van der Waals surface area (Å²) in [6.45, 7) is 3.71. The van der Waals surface area contributed by atoms with E-state index >= 15 is 0 Å². The molecular weight excluding hydrogens is 232 g/mol. The van der Waals surface area contributed by atoms with Crippen LogP contribution >= 0.6 is 0 Å². The van der Waals surface area contributed by atoms with Gasteiger partial charge in [0.15, 0.2) is 0 Å². The Morgan fingerprint density at radius 3 is 2.39 bits per heavy atom. The quantitative estimate of drug-likeness (QED) is 0.461. The van der Waals surface area contributed by atoms with Crippen LogP contribution in [0.2, 0.25) is 0 Å². The molecule has 1 N–H and O–H groups in total. The minimum absolute atomic E-state index is 0.00860. The number of carboxylic acids is 1. The molecule has 2 unspecified atom stereocenters. The highest BCUT2D eigenvalue weighted by atomic mass is 16.5. The Bertz CT molecular complexity index is 421. The van der Waals surface area contributed by atoms with Crippen molar-refractivity contribution in [1.29, 1.82) is 0 Å². The van der Waals surface area contributed by atoms with E-state index in [4.69, 9.17) is 9.84 Å². The summed E-state index contributed by atoms with van der Waals surface area (Å²) < 4.78 is 5.19. The molecule has 2 saturated carbocycles. The summed E-state index contributed by atoms with van der Waals surface area (Å²) in [6.07, 6.45) is 4.04. The van der Waals surface area contributed by atoms with E-state index in [0.717, 1.165) is 25.7 Å². The van der Waals surface area contributed by atoms with Gasteiger partial charge in [-0.2, -0.15) is 0 Å². The molecule has 0 radical (unpaired) electrons. The molecule has 0 heterocycles. The Morgan fingerprint density at radius 2 is 1.89 bits per heavy atom. The summed E-state index contributed by atoms with van der Waals surface area (Å²) in [4.78, 5) is 22.4. The van der Waals surface area contributed by atoms with Gasteiger partial charge in [-0.25, -0.2) is 4.79 Å². The number of rotatable bonds is 2. The number of carbonyl (C=O) groups excluding carboxylic acids is 1. The smallest absolute Gasteiger partial charge is 0.384 e. The Kier molecular flexibility index (Phi) is 3.34. The minimum atomic E-state index is -0.844. The number of esters is 1. The summed E-state index contributed by atoms with van der Waals surface area (Å²) in [5.74, 6) is 3.11. The largest absolute Gasteiger partial charge is 0.481 e. The van der Waals surface area contributed by atoms with E-state index in [0.29, 0.717) is 0 Å². The van der Waals surface area contributed by atoms with Crippen molar-refractivity contribution in [3.63, 3.8) is 0 Å². The number of hydrogen-bond donors (Lipinski definition) is 1. The lowest BCUT2D eigenvalue weighted by Gasteiger charge is -2.06. The predicted octanol–water partition coefficient (Wildman–Crippen LogP) is 1.83. The summed E-state index contributed by atoms with van der Waals surface area (Å²) in [6, 6.07) is 0. The molecular formula is C14H18O4. The maximum Gasteiger partial charge on any atom is 0.384 e. The molecule has 2 fully saturated rings. The Morgan fingerprint density at radius 1 is 1.28 bits per heavy atom. The molecule has 18 heavy (non-hydrogen) atoms. The molecule has 4 heteroatoms. The minimum Gasteiger partial charge on any atom is -0.481 e. The van der Waals surface area contributed by atoms with Crippen LogP contribution in [0.1, 0.15) is 39.5 Å². The van der Waals surface area contributed by atoms with E-state index in [1.165, 1.54) is 0 Å². The molecule has 0 aliphatic heterocycles. The van der Waals surface area contributed by atoms with Crippen molar-refractivity contribution in [3.05, 3.63) is 0 Å². The lowest BCUT2D eigenvalue weighted by atomic mass is 10.1. The zero-order valence-electron chi connectivity index (χ0n) is 10.7. The Balaban J connectivity index is 1.88. The molecule has 2 aliphatic carbocycles. The van der Waals surface area contributed by atoms with Crippen molar-refractivity contribution in [2.24, 2.45) is 17.3 Å². The molecule has 0 spiro atoms. The van der Waals surface area contributed by atoms with Gasteiger partial charge in [0.1, 0.15) is 6.10 Å². The third kappa shape index (κ3) is 2.50. The van der Waals surface area contributed by atoms with E-state index in [1.54, 1.807) is 0 Å². The Hall–Kier alpha value is -1.50. The predicted molar refractivity (Wildman–Crippen MR) is 64.5 cm³/mol. The van der Waals surface area contributed by atoms with Crippen LogP contribution in [0.25, 0.3) is 0 Å². The number of hydrogen-bond acceptors (Lipinski definition) is 3. The van der Waals surface area contributed by atoms with Gasteiger partial charge in [-0.15, -0.1) is 0 Å². The number of aliphatic carboxylic acids is 1. The number of carbonyl (C=O) groups is 2. The fourth-order valence-corrected chi connectivity index (χ4v) is 2.69. The van der Waals surface area contributed by atoms with E-state index in [9.17, 15) is 9.59 Å². The number of carboxylic acid groups (broad SMARTS) is 1. The topological polar surface area (TPSA) is 63.6 Å². The summed E-state index contributed by atoms with van der Waals surface area (Å²) in [5, 5.41) is 8.97. The molecule has 0 aromatic carbocycles. The van der Waals surface area contributed by atoms with Crippen molar-refractivity contribution < 1.29 is 19.4 Å². The standard InChI is InChI=1S/C14H18O4/c1-14(2)10(12(14)13(16)17)7-8-11(15)18-9-5-3-4-6-9/h9-10,12H,3-6H2,1-2H3,(H,16,17). The van der Waals surface area contributed by atoms with Gasteiger partial charge in [0.05, 0.1) is 5.92 Å². The molecule has 0 bridgehead atoms. The van der Waals surface area contributed by atoms with Crippen LogP contribution in [-0.2, 0) is 14.3 Å². The second-order valence-electron chi connectivity index (χ2n) is 5.70. The van der Waals surface area contributed by atoms with Crippen LogP contribution in [-0.4, -0.2) is 23.1 Å². The van der Waals surface area contributed by atoms with E-state index in [2.05, 4.69) is 11.8 Å². The average Bonchev–Trinajstić information content (AvgIpc) is 2.63. The van der Waals surface area contributed by atoms with Gasteiger partial charge in [0, 0.05) is 11.8 Å². The first-order valence-corrected chi connectivity index (χ1v) is 6.38. The van der Waals surface area contributed by atoms with E-state index in [1.807, 2.05) is 13.8 Å². The lowest BCUT2D eigenvalue weighted by Crippen LogP contribution is -2.12. The van der Waals surface area contributed by atoms with Crippen LogP contribution in [0, 0.1) is 29.1 Å². The molecule has 0 amide bonds. The zero-order chi connectivity index (χ0) is 13.3. The van der Waals surface area contributed by atoms with Gasteiger partial charge in [-0.05, 0) is 31.1 Å². The first-order chi connectivity index (χ1) is 8.43. The summed E-state index contributed by atoms with van der Waals surface area (Å²) in [5.41, 5.74) is -0.341. The lowest BCUT2D eigenvalue weighted by molar-refractivity contribution is -0.142. The maximum absolute atomic E-state index is 11.5. The van der Waals surface area contributed by atoms with Crippen LogP contribution in [0.3, 0.4) is 0 Å². The molecule has 98 valence electrons. The third-order valence-electron chi connectivity index (χ3n) is 4.00. The highest BCUT2D eigenvalue weighted by molar-refractivity contribution is 5.89.